The monoisotopic (exact) mass is 389 g/mol. The van der Waals surface area contributed by atoms with Gasteiger partial charge >= 0.3 is 0 Å². The Morgan fingerprint density at radius 2 is 1.83 bits per heavy atom. The molecule has 0 spiro atoms. The normalized spacial score (nSPS) is 10.7. The van der Waals surface area contributed by atoms with E-state index in [1.54, 1.807) is 61.0 Å². The zero-order valence-electron chi connectivity index (χ0n) is 16.2. The van der Waals surface area contributed by atoms with Gasteiger partial charge in [0.2, 0.25) is 5.88 Å². The van der Waals surface area contributed by atoms with Gasteiger partial charge < -0.3 is 14.5 Å². The molecule has 8 heteroatoms. The van der Waals surface area contributed by atoms with E-state index in [9.17, 15) is 4.79 Å². The van der Waals surface area contributed by atoms with Crippen molar-refractivity contribution >= 4 is 11.6 Å². The van der Waals surface area contributed by atoms with Crippen LogP contribution in [-0.4, -0.2) is 25.9 Å². The minimum Gasteiger partial charge on any atom is -0.466 e. The summed E-state index contributed by atoms with van der Waals surface area (Å²) in [4.78, 5) is 12.3. The summed E-state index contributed by atoms with van der Waals surface area (Å²) >= 11 is 0. The molecule has 4 rings (SSSR count). The van der Waals surface area contributed by atoms with Gasteiger partial charge in [0.05, 0.1) is 11.3 Å². The molecule has 1 aromatic carbocycles. The average molecular weight is 389 g/mol. The molecule has 1 N–H and O–H groups in total. The molecular formula is C21H19N5O3. The van der Waals surface area contributed by atoms with Crippen LogP contribution in [0, 0.1) is 20.8 Å². The standard InChI is InChI=1S/C21H19N5O3/c1-13-10-11-26(25-13)19-8-9-20(24-23-19)29-17-6-4-16(5-7-17)22-21(27)18-12-14(2)28-15(18)3/h4-12H,1-3H3,(H,22,27). The summed E-state index contributed by atoms with van der Waals surface area (Å²) in [6, 6.07) is 14.1. The quantitative estimate of drug-likeness (QED) is 0.549. The molecule has 29 heavy (non-hydrogen) atoms. The van der Waals surface area contributed by atoms with Gasteiger partial charge in [-0.25, -0.2) is 4.68 Å². The molecule has 146 valence electrons. The van der Waals surface area contributed by atoms with Gasteiger partial charge in [0.1, 0.15) is 17.3 Å². The Bertz CT molecular complexity index is 1140. The molecule has 0 saturated heterocycles. The van der Waals surface area contributed by atoms with E-state index in [1.165, 1.54) is 0 Å². The van der Waals surface area contributed by atoms with E-state index in [0.29, 0.717) is 40.2 Å². The van der Waals surface area contributed by atoms with Crippen molar-refractivity contribution in [3.05, 3.63) is 77.5 Å². The number of benzene rings is 1. The first-order valence-corrected chi connectivity index (χ1v) is 9.00. The van der Waals surface area contributed by atoms with Gasteiger partial charge in [-0.3, -0.25) is 4.79 Å². The summed E-state index contributed by atoms with van der Waals surface area (Å²) in [5.74, 6) is 2.62. The SMILES string of the molecule is Cc1ccn(-c2ccc(Oc3ccc(NC(=O)c4cc(C)oc4C)cc3)nn2)n1. The molecule has 4 aromatic rings. The highest BCUT2D eigenvalue weighted by Crippen LogP contribution is 2.22. The van der Waals surface area contributed by atoms with E-state index < -0.39 is 0 Å². The molecule has 8 nitrogen and oxygen atoms in total. The number of aromatic nitrogens is 4. The fourth-order valence-corrected chi connectivity index (χ4v) is 2.81. The molecule has 3 heterocycles. The lowest BCUT2D eigenvalue weighted by atomic mass is 10.2. The average Bonchev–Trinajstić information content (AvgIpc) is 3.29. The highest BCUT2D eigenvalue weighted by Gasteiger charge is 2.13. The number of carbonyl (C=O) groups excluding carboxylic acids is 1. The predicted octanol–water partition coefficient (Wildman–Crippen LogP) is 4.23. The summed E-state index contributed by atoms with van der Waals surface area (Å²) < 4.78 is 12.8. The van der Waals surface area contributed by atoms with Crippen molar-refractivity contribution in [2.75, 3.05) is 5.32 Å². The molecule has 0 aliphatic heterocycles. The Morgan fingerprint density at radius 3 is 2.41 bits per heavy atom. The van der Waals surface area contributed by atoms with Crippen LogP contribution in [0.5, 0.6) is 11.6 Å². The number of hydrogen-bond acceptors (Lipinski definition) is 6. The molecule has 0 unspecified atom stereocenters. The molecule has 0 saturated carbocycles. The third kappa shape index (κ3) is 4.16. The van der Waals surface area contributed by atoms with Gasteiger partial charge in [-0.05, 0) is 63.2 Å². The number of aryl methyl sites for hydroxylation is 3. The van der Waals surface area contributed by atoms with Crippen LogP contribution in [0.15, 0.2) is 59.1 Å². The maximum Gasteiger partial charge on any atom is 0.259 e. The maximum atomic E-state index is 12.3. The van der Waals surface area contributed by atoms with Gasteiger partial charge in [-0.1, -0.05) is 0 Å². The maximum absolute atomic E-state index is 12.3. The predicted molar refractivity (Wildman–Crippen MR) is 107 cm³/mol. The fourth-order valence-electron chi connectivity index (χ4n) is 2.81. The first kappa shape index (κ1) is 18.4. The molecule has 3 aromatic heterocycles. The van der Waals surface area contributed by atoms with Gasteiger partial charge in [-0.15, -0.1) is 10.2 Å². The Hall–Kier alpha value is -3.94. The van der Waals surface area contributed by atoms with E-state index >= 15 is 0 Å². The van der Waals surface area contributed by atoms with Gasteiger partial charge in [0.25, 0.3) is 5.91 Å². The zero-order valence-corrected chi connectivity index (χ0v) is 16.2. The lowest BCUT2D eigenvalue weighted by molar-refractivity contribution is 0.102. The third-order valence-corrected chi connectivity index (χ3v) is 4.20. The second-order valence-electron chi connectivity index (χ2n) is 6.54. The largest absolute Gasteiger partial charge is 0.466 e. The number of nitrogens with zero attached hydrogens (tertiary/aromatic N) is 4. The molecule has 0 fully saturated rings. The van der Waals surface area contributed by atoms with Crippen LogP contribution in [0.4, 0.5) is 5.69 Å². The first-order chi connectivity index (χ1) is 14.0. The van der Waals surface area contributed by atoms with Gasteiger partial charge in [0, 0.05) is 18.0 Å². The smallest absolute Gasteiger partial charge is 0.259 e. The lowest BCUT2D eigenvalue weighted by Gasteiger charge is -2.07. The van der Waals surface area contributed by atoms with Crippen molar-refractivity contribution in [1.29, 1.82) is 0 Å². The fraction of sp³-hybridized carbons (Fsp3) is 0.143. The van der Waals surface area contributed by atoms with Gasteiger partial charge in [0.15, 0.2) is 5.82 Å². The zero-order chi connectivity index (χ0) is 20.4. The minimum atomic E-state index is -0.219. The van der Waals surface area contributed by atoms with E-state index in [0.717, 1.165) is 5.69 Å². The molecule has 0 radical (unpaired) electrons. The summed E-state index contributed by atoms with van der Waals surface area (Å²) in [6.07, 6.45) is 1.82. The number of carbonyl (C=O) groups is 1. The Balaban J connectivity index is 1.40. The number of hydrogen-bond donors (Lipinski definition) is 1. The van der Waals surface area contributed by atoms with Crippen LogP contribution in [0.2, 0.25) is 0 Å². The van der Waals surface area contributed by atoms with Gasteiger partial charge in [-0.2, -0.15) is 5.10 Å². The van der Waals surface area contributed by atoms with Crippen molar-refractivity contribution in [2.45, 2.75) is 20.8 Å². The topological polar surface area (TPSA) is 95.1 Å². The van der Waals surface area contributed by atoms with Crippen LogP contribution >= 0.6 is 0 Å². The molecule has 0 bridgehead atoms. The number of nitrogens with one attached hydrogen (secondary N) is 1. The van der Waals surface area contributed by atoms with Crippen molar-refractivity contribution in [3.63, 3.8) is 0 Å². The lowest BCUT2D eigenvalue weighted by Crippen LogP contribution is -2.11. The molecule has 0 aliphatic rings. The van der Waals surface area contributed by atoms with Crippen LogP contribution in [0.25, 0.3) is 5.82 Å². The number of anilines is 1. The van der Waals surface area contributed by atoms with Crippen molar-refractivity contribution in [1.82, 2.24) is 20.0 Å². The third-order valence-electron chi connectivity index (χ3n) is 4.20. The van der Waals surface area contributed by atoms with Crippen molar-refractivity contribution < 1.29 is 13.9 Å². The highest BCUT2D eigenvalue weighted by molar-refractivity contribution is 6.05. The van der Waals surface area contributed by atoms with Crippen molar-refractivity contribution in [2.24, 2.45) is 0 Å². The Morgan fingerprint density at radius 1 is 1.03 bits per heavy atom. The number of furan rings is 1. The van der Waals surface area contributed by atoms with Crippen LogP contribution in [0.3, 0.4) is 0 Å². The van der Waals surface area contributed by atoms with Crippen molar-refractivity contribution in [3.8, 4) is 17.4 Å². The Labute approximate surface area is 167 Å². The Kier molecular flexibility index (Phi) is 4.82. The van der Waals surface area contributed by atoms with Crippen LogP contribution in [-0.2, 0) is 0 Å². The molecular weight excluding hydrogens is 370 g/mol. The second kappa shape index (κ2) is 7.59. The summed E-state index contributed by atoms with van der Waals surface area (Å²) in [6.45, 7) is 5.48. The van der Waals surface area contributed by atoms with E-state index in [4.69, 9.17) is 9.15 Å². The summed E-state index contributed by atoms with van der Waals surface area (Å²) in [7, 11) is 0. The highest BCUT2D eigenvalue weighted by atomic mass is 16.5. The van der Waals surface area contributed by atoms with Crippen LogP contribution in [0.1, 0.15) is 27.6 Å². The van der Waals surface area contributed by atoms with E-state index in [1.807, 2.05) is 19.2 Å². The summed E-state index contributed by atoms with van der Waals surface area (Å²) in [5, 5.41) is 15.3. The minimum absolute atomic E-state index is 0.219. The first-order valence-electron chi connectivity index (χ1n) is 9.00. The molecule has 0 aliphatic carbocycles. The second-order valence-corrected chi connectivity index (χ2v) is 6.54. The number of ether oxygens (including phenoxy) is 1. The van der Waals surface area contributed by atoms with E-state index in [2.05, 4.69) is 20.6 Å². The van der Waals surface area contributed by atoms with Crippen LogP contribution < -0.4 is 10.1 Å². The molecule has 1 amide bonds. The molecule has 0 atom stereocenters. The van der Waals surface area contributed by atoms with E-state index in [-0.39, 0.29) is 5.91 Å². The summed E-state index contributed by atoms with van der Waals surface area (Å²) in [5.41, 5.74) is 2.07. The number of amides is 1. The number of rotatable bonds is 5.